The van der Waals surface area contributed by atoms with E-state index in [1.807, 2.05) is 6.92 Å². The molecule has 2 N–H and O–H groups in total. The van der Waals surface area contributed by atoms with Crippen LogP contribution in [0, 0.1) is 13.8 Å². The first-order chi connectivity index (χ1) is 14.6. The van der Waals surface area contributed by atoms with Gasteiger partial charge >= 0.3 is 0 Å². The van der Waals surface area contributed by atoms with E-state index in [1.165, 1.54) is 10.6 Å². The summed E-state index contributed by atoms with van der Waals surface area (Å²) >= 11 is 1.75. The van der Waals surface area contributed by atoms with Crippen LogP contribution in [0.25, 0.3) is 0 Å². The number of thiazole rings is 1. The highest BCUT2D eigenvalue weighted by molar-refractivity contribution is 14.0. The second kappa shape index (κ2) is 13.9. The first kappa shape index (κ1) is 25.9. The highest BCUT2D eigenvalue weighted by Gasteiger charge is 2.18. The minimum absolute atomic E-state index is 0. The zero-order valence-corrected chi connectivity index (χ0v) is 21.9. The summed E-state index contributed by atoms with van der Waals surface area (Å²) in [7, 11) is 0. The van der Waals surface area contributed by atoms with Crippen LogP contribution in [0.2, 0.25) is 0 Å². The molecule has 1 saturated heterocycles. The average molecular weight is 559 g/mol. The molecule has 0 bridgehead atoms. The summed E-state index contributed by atoms with van der Waals surface area (Å²) in [5.74, 6) is 1.77. The highest BCUT2D eigenvalue weighted by Crippen LogP contribution is 2.24. The van der Waals surface area contributed by atoms with Crippen molar-refractivity contribution in [1.82, 2.24) is 15.6 Å². The number of aliphatic imine (C=N–C) groups is 1. The van der Waals surface area contributed by atoms with E-state index in [2.05, 4.69) is 53.0 Å². The number of hydrogen-bond donors (Lipinski definition) is 2. The van der Waals surface area contributed by atoms with Crippen molar-refractivity contribution < 1.29 is 9.47 Å². The zero-order chi connectivity index (χ0) is 21.2. The van der Waals surface area contributed by atoms with Crippen LogP contribution < -0.4 is 15.4 Å². The van der Waals surface area contributed by atoms with Crippen molar-refractivity contribution >= 4 is 41.3 Å². The van der Waals surface area contributed by atoms with E-state index in [4.69, 9.17) is 14.5 Å². The third-order valence-electron chi connectivity index (χ3n) is 4.93. The summed E-state index contributed by atoms with van der Waals surface area (Å²) < 4.78 is 11.6. The lowest BCUT2D eigenvalue weighted by molar-refractivity contribution is 0.140. The van der Waals surface area contributed by atoms with Gasteiger partial charge in [0, 0.05) is 36.1 Å². The Bertz CT molecular complexity index is 822. The Morgan fingerprint density at radius 2 is 2.16 bits per heavy atom. The quantitative estimate of drug-likeness (QED) is 0.193. The predicted molar refractivity (Wildman–Crippen MR) is 139 cm³/mol. The second-order valence-electron chi connectivity index (χ2n) is 7.68. The fourth-order valence-electron chi connectivity index (χ4n) is 3.32. The Kier molecular flexibility index (Phi) is 11.6. The predicted octanol–water partition coefficient (Wildman–Crippen LogP) is 4.62. The summed E-state index contributed by atoms with van der Waals surface area (Å²) in [6, 6.07) is 6.33. The molecule has 0 radical (unpaired) electrons. The second-order valence-corrected chi connectivity index (χ2v) is 8.62. The number of benzene rings is 1. The number of ether oxygens (including phenoxy) is 2. The monoisotopic (exact) mass is 558 g/mol. The molecule has 0 spiro atoms. The van der Waals surface area contributed by atoms with E-state index in [9.17, 15) is 0 Å². The molecule has 1 fully saturated rings. The minimum Gasteiger partial charge on any atom is -0.488 e. The fourth-order valence-corrected chi connectivity index (χ4v) is 4.14. The summed E-state index contributed by atoms with van der Waals surface area (Å²) in [6.45, 7) is 9.98. The SMILES string of the molecule is CCNC(=NCc1ccc(C)cc1OC1CCOC1)NCCCCc1nc(C)cs1.I. The lowest BCUT2D eigenvalue weighted by Gasteiger charge is -2.16. The molecule has 1 aliphatic heterocycles. The van der Waals surface area contributed by atoms with Crippen molar-refractivity contribution in [1.29, 1.82) is 0 Å². The van der Waals surface area contributed by atoms with E-state index < -0.39 is 0 Å². The Morgan fingerprint density at radius 3 is 2.87 bits per heavy atom. The molecular formula is C23H35IN4O2S. The Hall–Kier alpha value is -1.39. The molecule has 31 heavy (non-hydrogen) atoms. The first-order valence-corrected chi connectivity index (χ1v) is 11.8. The molecule has 2 heterocycles. The molecule has 0 saturated carbocycles. The van der Waals surface area contributed by atoms with Gasteiger partial charge < -0.3 is 20.1 Å². The molecule has 1 aromatic heterocycles. The van der Waals surface area contributed by atoms with Crippen LogP contribution in [-0.2, 0) is 17.7 Å². The standard InChI is InChI=1S/C23H34N4O2S.HI/c1-4-24-23(25-11-6-5-7-22-27-18(3)16-30-22)26-14-19-9-8-17(2)13-21(19)29-20-10-12-28-15-20;/h8-9,13,16,20H,4-7,10-12,14-15H2,1-3H3,(H2,24,25,26);1H. The van der Waals surface area contributed by atoms with Crippen LogP contribution in [0.15, 0.2) is 28.6 Å². The van der Waals surface area contributed by atoms with Gasteiger partial charge in [0.1, 0.15) is 11.9 Å². The van der Waals surface area contributed by atoms with Gasteiger partial charge in [-0.25, -0.2) is 9.98 Å². The number of aromatic nitrogens is 1. The van der Waals surface area contributed by atoms with E-state index in [0.717, 1.165) is 68.3 Å². The van der Waals surface area contributed by atoms with Crippen molar-refractivity contribution in [3.05, 3.63) is 45.4 Å². The Morgan fingerprint density at radius 1 is 1.29 bits per heavy atom. The number of rotatable bonds is 10. The fraction of sp³-hybridized carbons (Fsp3) is 0.565. The molecular weight excluding hydrogens is 523 g/mol. The van der Waals surface area contributed by atoms with Gasteiger partial charge in [-0.15, -0.1) is 35.3 Å². The molecule has 2 aromatic rings. The minimum atomic E-state index is 0. The van der Waals surface area contributed by atoms with E-state index in [-0.39, 0.29) is 30.1 Å². The van der Waals surface area contributed by atoms with E-state index >= 15 is 0 Å². The van der Waals surface area contributed by atoms with Gasteiger partial charge in [-0.05, 0) is 51.7 Å². The third kappa shape index (κ3) is 8.94. The van der Waals surface area contributed by atoms with E-state index in [1.54, 1.807) is 11.3 Å². The maximum atomic E-state index is 6.20. The number of guanidine groups is 1. The lowest BCUT2D eigenvalue weighted by atomic mass is 10.1. The van der Waals surface area contributed by atoms with Gasteiger partial charge in [0.05, 0.1) is 24.8 Å². The maximum absolute atomic E-state index is 6.20. The number of unbranched alkanes of at least 4 members (excludes halogenated alkanes) is 1. The molecule has 3 rings (SSSR count). The first-order valence-electron chi connectivity index (χ1n) is 10.9. The van der Waals surface area contributed by atoms with Crippen LogP contribution in [0.3, 0.4) is 0 Å². The number of hydrogen-bond acceptors (Lipinski definition) is 5. The zero-order valence-electron chi connectivity index (χ0n) is 18.8. The van der Waals surface area contributed by atoms with Crippen LogP contribution >= 0.6 is 35.3 Å². The van der Waals surface area contributed by atoms with E-state index in [0.29, 0.717) is 13.2 Å². The number of nitrogens with one attached hydrogen (secondary N) is 2. The normalized spacial score (nSPS) is 16.1. The summed E-state index contributed by atoms with van der Waals surface area (Å²) in [5.41, 5.74) is 3.41. The average Bonchev–Trinajstić information content (AvgIpc) is 3.38. The van der Waals surface area contributed by atoms with Gasteiger partial charge in [-0.2, -0.15) is 0 Å². The van der Waals surface area contributed by atoms with Crippen LogP contribution in [0.4, 0.5) is 0 Å². The maximum Gasteiger partial charge on any atom is 0.191 e. The Balaban J connectivity index is 0.00000341. The summed E-state index contributed by atoms with van der Waals surface area (Å²) in [5, 5.41) is 10.1. The molecule has 1 unspecified atom stereocenters. The van der Waals surface area contributed by atoms with Crippen LogP contribution in [0.5, 0.6) is 5.75 Å². The number of aryl methyl sites for hydroxylation is 3. The molecule has 0 aliphatic carbocycles. The van der Waals surface area contributed by atoms with Gasteiger partial charge in [-0.1, -0.05) is 12.1 Å². The smallest absolute Gasteiger partial charge is 0.191 e. The summed E-state index contributed by atoms with van der Waals surface area (Å²) in [6.07, 6.45) is 4.34. The molecule has 1 aromatic carbocycles. The topological polar surface area (TPSA) is 67.8 Å². The molecule has 0 amide bonds. The number of nitrogens with zero attached hydrogens (tertiary/aromatic N) is 2. The molecule has 172 valence electrons. The molecule has 6 nitrogen and oxygen atoms in total. The summed E-state index contributed by atoms with van der Waals surface area (Å²) in [4.78, 5) is 9.31. The van der Waals surface area contributed by atoms with Gasteiger partial charge in [0.15, 0.2) is 5.96 Å². The highest BCUT2D eigenvalue weighted by atomic mass is 127. The van der Waals surface area contributed by atoms with Crippen molar-refractivity contribution in [2.75, 3.05) is 26.3 Å². The molecule has 1 atom stereocenters. The molecule has 1 aliphatic rings. The van der Waals surface area contributed by atoms with Crippen molar-refractivity contribution in [3.63, 3.8) is 0 Å². The van der Waals surface area contributed by atoms with Crippen molar-refractivity contribution in [2.45, 2.75) is 59.1 Å². The van der Waals surface area contributed by atoms with Crippen LogP contribution in [0.1, 0.15) is 48.0 Å². The van der Waals surface area contributed by atoms with Crippen LogP contribution in [-0.4, -0.2) is 43.4 Å². The van der Waals surface area contributed by atoms with Gasteiger partial charge in [0.25, 0.3) is 0 Å². The third-order valence-corrected chi connectivity index (χ3v) is 5.96. The van der Waals surface area contributed by atoms with Gasteiger partial charge in [0.2, 0.25) is 0 Å². The largest absolute Gasteiger partial charge is 0.488 e. The lowest BCUT2D eigenvalue weighted by Crippen LogP contribution is -2.37. The van der Waals surface area contributed by atoms with Gasteiger partial charge in [-0.3, -0.25) is 0 Å². The Labute approximate surface area is 207 Å². The number of halogens is 1. The van der Waals surface area contributed by atoms with Crippen molar-refractivity contribution in [2.24, 2.45) is 4.99 Å². The van der Waals surface area contributed by atoms with Crippen molar-refractivity contribution in [3.8, 4) is 5.75 Å². The molecule has 8 heteroatoms.